The number of likely N-dealkylation sites (tertiary alicyclic amines) is 3. The van der Waals surface area contributed by atoms with Crippen LogP contribution in [0.2, 0.25) is 0 Å². The molecule has 0 radical (unpaired) electrons. The summed E-state index contributed by atoms with van der Waals surface area (Å²) in [7, 11) is 0. The highest BCUT2D eigenvalue weighted by atomic mass is 32.1. The molecule has 1 N–H and O–H groups in total. The zero-order valence-electron chi connectivity index (χ0n) is 29.4. The molecule has 5 heterocycles. The first-order chi connectivity index (χ1) is 22.6. The molecule has 266 valence electrons. The zero-order chi connectivity index (χ0) is 35.1. The first kappa shape index (κ1) is 37.7. The number of rotatable bonds is 4. The molecule has 2 aromatic rings. The number of hydrogen-bond donors (Lipinski definition) is 1. The van der Waals surface area contributed by atoms with Crippen LogP contribution in [0.15, 0.2) is 22.9 Å². The van der Waals surface area contributed by atoms with E-state index in [1.165, 1.54) is 29.1 Å². The van der Waals surface area contributed by atoms with Crippen LogP contribution in [0, 0.1) is 0 Å². The standard InChI is InChI=1S/C21H32N2O3S.C15H21NO4S/c1-21(2,3)26-20(25)23-12-8-9-16(14-23)18-13-17(15-27-18)19(24)22-10-6-4-5-7-11-22;1-15(2,3)20-14(19)16-6-4-5-10(8-16)12-7-11(9-21-12)13(17)18/h13,15-16H,4-12,14H2,1-3H3;7,9-10H,4-6,8H2,1-3H3,(H,17,18). The van der Waals surface area contributed by atoms with Gasteiger partial charge in [-0.2, -0.15) is 0 Å². The van der Waals surface area contributed by atoms with Crippen molar-refractivity contribution < 1.29 is 33.8 Å². The van der Waals surface area contributed by atoms with Crippen molar-refractivity contribution in [2.24, 2.45) is 0 Å². The van der Waals surface area contributed by atoms with Gasteiger partial charge in [-0.3, -0.25) is 4.79 Å². The smallest absolute Gasteiger partial charge is 0.410 e. The predicted octanol–water partition coefficient (Wildman–Crippen LogP) is 8.44. The molecule has 2 atom stereocenters. The minimum absolute atomic E-state index is 0.166. The Labute approximate surface area is 293 Å². The zero-order valence-corrected chi connectivity index (χ0v) is 31.1. The molecule has 2 unspecified atom stereocenters. The Kier molecular flexibility index (Phi) is 13.0. The van der Waals surface area contributed by atoms with Crippen molar-refractivity contribution in [1.29, 1.82) is 0 Å². The van der Waals surface area contributed by atoms with Crippen LogP contribution in [0.25, 0.3) is 0 Å². The van der Waals surface area contributed by atoms with E-state index >= 15 is 0 Å². The number of carboxylic acid groups (broad SMARTS) is 1. The van der Waals surface area contributed by atoms with Crippen LogP contribution in [-0.4, -0.2) is 94.3 Å². The number of aromatic carboxylic acids is 1. The van der Waals surface area contributed by atoms with E-state index in [0.29, 0.717) is 31.1 Å². The highest BCUT2D eigenvalue weighted by Gasteiger charge is 2.31. The fourth-order valence-electron chi connectivity index (χ4n) is 6.22. The van der Waals surface area contributed by atoms with E-state index < -0.39 is 17.2 Å². The highest BCUT2D eigenvalue weighted by Crippen LogP contribution is 2.34. The number of carbonyl (C=O) groups is 4. The largest absolute Gasteiger partial charge is 0.478 e. The Balaban J connectivity index is 0.000000224. The Hall–Kier alpha value is -3.12. The first-order valence-corrected chi connectivity index (χ1v) is 19.0. The summed E-state index contributed by atoms with van der Waals surface area (Å²) in [6.07, 6.45) is 8.04. The third-order valence-electron chi connectivity index (χ3n) is 8.58. The molecule has 3 aliphatic heterocycles. The fourth-order valence-corrected chi connectivity index (χ4v) is 8.24. The minimum atomic E-state index is -0.905. The molecule has 48 heavy (non-hydrogen) atoms. The molecule has 12 heteroatoms. The van der Waals surface area contributed by atoms with Gasteiger partial charge >= 0.3 is 18.2 Å². The quantitative estimate of drug-likeness (QED) is 0.340. The Bertz CT molecular complexity index is 1400. The van der Waals surface area contributed by atoms with Crippen molar-refractivity contribution in [2.45, 2.75) is 116 Å². The fraction of sp³-hybridized carbons (Fsp3) is 0.667. The van der Waals surface area contributed by atoms with E-state index in [2.05, 4.69) is 6.07 Å². The predicted molar refractivity (Wildman–Crippen MR) is 190 cm³/mol. The molecule has 0 aliphatic carbocycles. The van der Waals surface area contributed by atoms with Crippen LogP contribution >= 0.6 is 22.7 Å². The van der Waals surface area contributed by atoms with Gasteiger partial charge in [-0.05, 0) is 92.2 Å². The first-order valence-electron chi connectivity index (χ1n) is 17.2. The van der Waals surface area contributed by atoms with Gasteiger partial charge in [0.1, 0.15) is 11.2 Å². The van der Waals surface area contributed by atoms with E-state index in [1.54, 1.807) is 27.7 Å². The molecule has 2 aromatic heterocycles. The summed E-state index contributed by atoms with van der Waals surface area (Å²) in [4.78, 5) is 56.1. The molecule has 3 amide bonds. The van der Waals surface area contributed by atoms with Crippen molar-refractivity contribution in [3.8, 4) is 0 Å². The molecular formula is C36H53N3O7S2. The Morgan fingerprint density at radius 3 is 1.48 bits per heavy atom. The van der Waals surface area contributed by atoms with Gasteiger partial charge in [0.2, 0.25) is 0 Å². The van der Waals surface area contributed by atoms with Crippen LogP contribution in [0.1, 0.15) is 135 Å². The Morgan fingerprint density at radius 2 is 1.06 bits per heavy atom. The van der Waals surface area contributed by atoms with Gasteiger partial charge in [0.15, 0.2) is 0 Å². The summed E-state index contributed by atoms with van der Waals surface area (Å²) < 4.78 is 10.9. The van der Waals surface area contributed by atoms with Gasteiger partial charge < -0.3 is 29.3 Å². The lowest BCUT2D eigenvalue weighted by Gasteiger charge is -2.33. The van der Waals surface area contributed by atoms with E-state index in [-0.39, 0.29) is 24.0 Å². The maximum Gasteiger partial charge on any atom is 0.410 e. The van der Waals surface area contributed by atoms with Crippen LogP contribution < -0.4 is 0 Å². The number of amides is 3. The molecule has 10 nitrogen and oxygen atoms in total. The molecule has 0 aromatic carbocycles. The molecule has 0 saturated carbocycles. The lowest BCUT2D eigenvalue weighted by Crippen LogP contribution is -2.42. The van der Waals surface area contributed by atoms with Gasteiger partial charge in [0.25, 0.3) is 5.91 Å². The van der Waals surface area contributed by atoms with E-state index in [9.17, 15) is 19.2 Å². The lowest BCUT2D eigenvalue weighted by atomic mass is 9.96. The summed E-state index contributed by atoms with van der Waals surface area (Å²) in [5.74, 6) is -0.247. The van der Waals surface area contributed by atoms with Crippen molar-refractivity contribution in [3.63, 3.8) is 0 Å². The molecule has 3 aliphatic rings. The number of carbonyl (C=O) groups excluding carboxylic acids is 3. The summed E-state index contributed by atoms with van der Waals surface area (Å²) >= 11 is 3.11. The topological polar surface area (TPSA) is 117 Å². The maximum absolute atomic E-state index is 12.8. The van der Waals surface area contributed by atoms with Crippen LogP contribution in [-0.2, 0) is 9.47 Å². The average molecular weight is 704 g/mol. The maximum atomic E-state index is 12.8. The van der Waals surface area contributed by atoms with Crippen molar-refractivity contribution >= 4 is 46.7 Å². The molecular weight excluding hydrogens is 651 g/mol. The number of ether oxygens (including phenoxy) is 2. The van der Waals surface area contributed by atoms with E-state index in [0.717, 1.165) is 68.6 Å². The molecule has 0 bridgehead atoms. The minimum Gasteiger partial charge on any atom is -0.478 e. The normalized spacial score (nSPS) is 20.7. The van der Waals surface area contributed by atoms with Crippen LogP contribution in [0.3, 0.4) is 0 Å². The number of nitrogens with zero attached hydrogens (tertiary/aromatic N) is 3. The van der Waals surface area contributed by atoms with Gasteiger partial charge in [0.05, 0.1) is 11.1 Å². The second kappa shape index (κ2) is 16.5. The summed E-state index contributed by atoms with van der Waals surface area (Å²) in [6, 6.07) is 3.78. The monoisotopic (exact) mass is 703 g/mol. The van der Waals surface area contributed by atoms with Crippen molar-refractivity contribution in [1.82, 2.24) is 14.7 Å². The van der Waals surface area contributed by atoms with Gasteiger partial charge in [-0.15, -0.1) is 22.7 Å². The van der Waals surface area contributed by atoms with Crippen molar-refractivity contribution in [3.05, 3.63) is 43.8 Å². The molecule has 5 rings (SSSR count). The summed E-state index contributed by atoms with van der Waals surface area (Å²) in [6.45, 7) is 15.7. The van der Waals surface area contributed by atoms with Gasteiger partial charge in [0, 0.05) is 71.6 Å². The lowest BCUT2D eigenvalue weighted by molar-refractivity contribution is 0.0189. The second-order valence-corrected chi connectivity index (χ2v) is 16.9. The third kappa shape index (κ3) is 11.2. The number of thiophene rings is 2. The number of piperidine rings is 2. The molecule has 3 saturated heterocycles. The molecule has 3 fully saturated rings. The second-order valence-electron chi connectivity index (χ2n) is 15.0. The SMILES string of the molecule is CC(C)(C)OC(=O)N1CCCC(c2cc(C(=O)N3CCCCCC3)cs2)C1.CC(C)(C)OC(=O)N1CCCC(c2cc(C(=O)O)cs2)C1. The van der Waals surface area contributed by atoms with Crippen molar-refractivity contribution in [2.75, 3.05) is 39.3 Å². The van der Waals surface area contributed by atoms with Crippen LogP contribution in [0.5, 0.6) is 0 Å². The van der Waals surface area contributed by atoms with Crippen LogP contribution in [0.4, 0.5) is 9.59 Å². The Morgan fingerprint density at radius 1 is 0.646 bits per heavy atom. The number of hydrogen-bond acceptors (Lipinski definition) is 8. The highest BCUT2D eigenvalue weighted by molar-refractivity contribution is 7.10. The summed E-state index contributed by atoms with van der Waals surface area (Å²) in [5.41, 5.74) is 0.166. The van der Waals surface area contributed by atoms with E-state index in [4.69, 9.17) is 14.6 Å². The summed E-state index contributed by atoms with van der Waals surface area (Å²) in [5, 5.41) is 12.6. The molecule has 0 spiro atoms. The number of carboxylic acids is 1. The van der Waals surface area contributed by atoms with Gasteiger partial charge in [-0.1, -0.05) is 12.8 Å². The average Bonchev–Trinajstić information content (AvgIpc) is 3.65. The van der Waals surface area contributed by atoms with E-state index in [1.807, 2.05) is 56.7 Å². The third-order valence-corrected chi connectivity index (χ3v) is 10.8. The van der Waals surface area contributed by atoms with Gasteiger partial charge in [-0.25, -0.2) is 14.4 Å².